The van der Waals surface area contributed by atoms with Crippen molar-refractivity contribution in [2.24, 2.45) is 0 Å². The molecule has 1 aliphatic rings. The van der Waals surface area contributed by atoms with Crippen molar-refractivity contribution in [1.82, 2.24) is 0 Å². The summed E-state index contributed by atoms with van der Waals surface area (Å²) in [5.74, 6) is 0. The van der Waals surface area contributed by atoms with Gasteiger partial charge in [-0.05, 0) is 137 Å². The van der Waals surface area contributed by atoms with E-state index < -0.39 is 0 Å². The largest absolute Gasteiger partial charge is 0.455 e. The molecule has 0 spiro atoms. The van der Waals surface area contributed by atoms with Crippen molar-refractivity contribution in [1.29, 1.82) is 0 Å². The summed E-state index contributed by atoms with van der Waals surface area (Å²) in [4.78, 5) is 2.37. The highest BCUT2D eigenvalue weighted by Gasteiger charge is 2.37. The van der Waals surface area contributed by atoms with Gasteiger partial charge in [-0.2, -0.15) is 0 Å². The first-order valence-electron chi connectivity index (χ1n) is 22.6. The smallest absolute Gasteiger partial charge is 0.143 e. The maximum atomic E-state index is 6.57. The summed E-state index contributed by atoms with van der Waals surface area (Å²) in [6, 6.07) is 82.1. The molecule has 0 aliphatic heterocycles. The van der Waals surface area contributed by atoms with E-state index in [9.17, 15) is 0 Å². The fourth-order valence-corrected chi connectivity index (χ4v) is 10.9. The summed E-state index contributed by atoms with van der Waals surface area (Å²) in [6.07, 6.45) is 0. The summed E-state index contributed by atoms with van der Waals surface area (Å²) in [5.41, 5.74) is 17.7. The summed E-state index contributed by atoms with van der Waals surface area (Å²) >= 11 is 0. The van der Waals surface area contributed by atoms with E-state index in [2.05, 4.69) is 243 Å². The van der Waals surface area contributed by atoms with Crippen molar-refractivity contribution in [2.75, 3.05) is 4.90 Å². The van der Waals surface area contributed by atoms with Crippen LogP contribution in [0.2, 0.25) is 0 Å². The van der Waals surface area contributed by atoms with Gasteiger partial charge in [-0.1, -0.05) is 184 Å². The second-order valence-electron chi connectivity index (χ2n) is 18.0. The standard InChI is InChI=1S/C63H43NO/c1-63(2)58-19-8-7-15-55(58)56-18-9-17-53(61(56)63)44-27-35-49(36-28-44)64(47-31-23-40(24-32-47)45-30-37-51-46(39-45)22-21-41-11-3-5-13-50(41)51)48-33-25-43(26-34-48)52-16-10-20-59-60(52)57-38-29-42-12-4-6-14-54(42)62(57)65-59/h3-39H,1-2H3. The highest BCUT2D eigenvalue weighted by molar-refractivity contribution is 6.19. The molecule has 0 bridgehead atoms. The van der Waals surface area contributed by atoms with Crippen LogP contribution in [0.15, 0.2) is 229 Å². The van der Waals surface area contributed by atoms with Gasteiger partial charge >= 0.3 is 0 Å². The first kappa shape index (κ1) is 37.4. The zero-order valence-corrected chi connectivity index (χ0v) is 36.2. The number of benzene rings is 11. The van der Waals surface area contributed by atoms with E-state index in [4.69, 9.17) is 4.42 Å². The maximum Gasteiger partial charge on any atom is 0.143 e. The quantitative estimate of drug-likeness (QED) is 0.155. The monoisotopic (exact) mass is 829 g/mol. The van der Waals surface area contributed by atoms with Crippen LogP contribution in [0.4, 0.5) is 17.1 Å². The lowest BCUT2D eigenvalue weighted by atomic mass is 9.79. The van der Waals surface area contributed by atoms with Crippen LogP contribution in [0.25, 0.3) is 98.8 Å². The fraction of sp³-hybridized carbons (Fsp3) is 0.0476. The molecule has 0 saturated heterocycles. The normalized spacial score (nSPS) is 12.9. The van der Waals surface area contributed by atoms with Crippen molar-refractivity contribution in [3.05, 3.63) is 236 Å². The molecule has 1 aliphatic carbocycles. The molecule has 0 radical (unpaired) electrons. The third-order valence-electron chi connectivity index (χ3n) is 14.0. The molecule has 0 amide bonds. The Kier molecular flexibility index (Phi) is 8.29. The number of fused-ring (bicyclic) bond motifs is 11. The van der Waals surface area contributed by atoms with Gasteiger partial charge < -0.3 is 9.32 Å². The zero-order valence-electron chi connectivity index (χ0n) is 36.2. The molecule has 0 saturated carbocycles. The molecule has 0 fully saturated rings. The minimum absolute atomic E-state index is 0.101. The molecule has 306 valence electrons. The minimum Gasteiger partial charge on any atom is -0.455 e. The average molecular weight is 830 g/mol. The molecule has 12 aromatic rings. The molecule has 11 aromatic carbocycles. The van der Waals surface area contributed by atoms with E-state index in [0.29, 0.717) is 0 Å². The molecule has 0 unspecified atom stereocenters. The molecular formula is C63H43NO. The van der Waals surface area contributed by atoms with E-state index in [0.717, 1.165) is 55.5 Å². The van der Waals surface area contributed by atoms with Crippen LogP contribution < -0.4 is 4.90 Å². The predicted octanol–water partition coefficient (Wildman–Crippen LogP) is 17.8. The van der Waals surface area contributed by atoms with Crippen LogP contribution in [0.1, 0.15) is 25.0 Å². The first-order chi connectivity index (χ1) is 32.0. The van der Waals surface area contributed by atoms with Gasteiger partial charge in [0, 0.05) is 38.6 Å². The van der Waals surface area contributed by atoms with Crippen molar-refractivity contribution >= 4 is 71.3 Å². The van der Waals surface area contributed by atoms with Gasteiger partial charge in [-0.3, -0.25) is 0 Å². The number of nitrogens with zero attached hydrogens (tertiary/aromatic N) is 1. The van der Waals surface area contributed by atoms with Crippen molar-refractivity contribution in [3.63, 3.8) is 0 Å². The molecule has 2 nitrogen and oxygen atoms in total. The predicted molar refractivity (Wildman–Crippen MR) is 275 cm³/mol. The highest BCUT2D eigenvalue weighted by Crippen LogP contribution is 2.52. The van der Waals surface area contributed by atoms with Crippen LogP contribution in [-0.4, -0.2) is 0 Å². The Morgan fingerprint density at radius 1 is 0.354 bits per heavy atom. The van der Waals surface area contributed by atoms with Crippen LogP contribution >= 0.6 is 0 Å². The van der Waals surface area contributed by atoms with Crippen LogP contribution in [0, 0.1) is 0 Å². The fourth-order valence-electron chi connectivity index (χ4n) is 10.9. The van der Waals surface area contributed by atoms with Crippen molar-refractivity contribution in [3.8, 4) is 44.5 Å². The maximum absolute atomic E-state index is 6.57. The van der Waals surface area contributed by atoms with E-state index in [-0.39, 0.29) is 5.41 Å². The van der Waals surface area contributed by atoms with E-state index in [1.165, 1.54) is 71.4 Å². The molecule has 65 heavy (non-hydrogen) atoms. The van der Waals surface area contributed by atoms with Gasteiger partial charge in [-0.25, -0.2) is 0 Å². The lowest BCUT2D eigenvalue weighted by Gasteiger charge is -2.27. The third kappa shape index (κ3) is 5.88. The van der Waals surface area contributed by atoms with Crippen LogP contribution in [0.3, 0.4) is 0 Å². The summed E-state index contributed by atoms with van der Waals surface area (Å²) in [6.45, 7) is 4.73. The van der Waals surface area contributed by atoms with Crippen molar-refractivity contribution in [2.45, 2.75) is 19.3 Å². The van der Waals surface area contributed by atoms with E-state index in [1.807, 2.05) is 0 Å². The van der Waals surface area contributed by atoms with Gasteiger partial charge in [0.15, 0.2) is 0 Å². The Morgan fingerprint density at radius 2 is 0.862 bits per heavy atom. The molecule has 0 N–H and O–H groups in total. The highest BCUT2D eigenvalue weighted by atomic mass is 16.3. The second-order valence-corrected chi connectivity index (χ2v) is 18.0. The average Bonchev–Trinajstić information content (AvgIpc) is 3.87. The molecular weight excluding hydrogens is 787 g/mol. The van der Waals surface area contributed by atoms with Crippen LogP contribution in [-0.2, 0) is 5.41 Å². The Hall–Kier alpha value is -8.20. The Bertz CT molecular complexity index is 3840. The lowest BCUT2D eigenvalue weighted by Crippen LogP contribution is -2.16. The number of rotatable bonds is 6. The number of hydrogen-bond donors (Lipinski definition) is 0. The second kappa shape index (κ2) is 14.4. The van der Waals surface area contributed by atoms with E-state index >= 15 is 0 Å². The van der Waals surface area contributed by atoms with Gasteiger partial charge in [0.25, 0.3) is 0 Å². The molecule has 13 rings (SSSR count). The number of hydrogen-bond acceptors (Lipinski definition) is 2. The Morgan fingerprint density at radius 3 is 1.62 bits per heavy atom. The molecule has 1 aromatic heterocycles. The third-order valence-corrected chi connectivity index (χ3v) is 14.0. The molecule has 2 heteroatoms. The molecule has 0 atom stereocenters. The van der Waals surface area contributed by atoms with Gasteiger partial charge in [0.05, 0.1) is 0 Å². The first-order valence-corrected chi connectivity index (χ1v) is 22.6. The van der Waals surface area contributed by atoms with Gasteiger partial charge in [0.1, 0.15) is 11.2 Å². The van der Waals surface area contributed by atoms with Gasteiger partial charge in [-0.15, -0.1) is 0 Å². The lowest BCUT2D eigenvalue weighted by molar-refractivity contribution is 0.662. The Labute approximate surface area is 378 Å². The summed E-state index contributed by atoms with van der Waals surface area (Å²) in [5, 5.41) is 9.67. The summed E-state index contributed by atoms with van der Waals surface area (Å²) < 4.78 is 6.57. The van der Waals surface area contributed by atoms with Gasteiger partial charge in [0.2, 0.25) is 0 Å². The number of furan rings is 1. The van der Waals surface area contributed by atoms with E-state index in [1.54, 1.807) is 0 Å². The Balaban J connectivity index is 0.902. The number of anilines is 3. The summed E-state index contributed by atoms with van der Waals surface area (Å²) in [7, 11) is 0. The SMILES string of the molecule is CC1(C)c2ccccc2-c2cccc(-c3ccc(N(c4ccc(-c5ccc6c(ccc7ccccc76)c5)cc4)c4ccc(-c5cccc6oc7c8ccccc8ccc7c56)cc4)cc3)c21. The minimum atomic E-state index is -0.101. The van der Waals surface area contributed by atoms with Crippen molar-refractivity contribution < 1.29 is 4.42 Å². The topological polar surface area (TPSA) is 16.4 Å². The zero-order chi connectivity index (χ0) is 43.2. The van der Waals surface area contributed by atoms with Crippen LogP contribution in [0.5, 0.6) is 0 Å². The molecule has 1 heterocycles.